The van der Waals surface area contributed by atoms with E-state index in [-0.39, 0.29) is 18.6 Å². The normalized spacial score (nSPS) is 13.6. The summed E-state index contributed by atoms with van der Waals surface area (Å²) in [5.74, 6) is -0.499. The quantitative estimate of drug-likeness (QED) is 0.648. The molecule has 2 unspecified atom stereocenters. The molecule has 0 fully saturated rings. The molecule has 0 aliphatic rings. The zero-order valence-electron chi connectivity index (χ0n) is 13.3. The number of hydrogen-bond acceptors (Lipinski definition) is 2. The van der Waals surface area contributed by atoms with Crippen molar-refractivity contribution in [2.75, 3.05) is 13.1 Å². The molecule has 0 aliphatic carbocycles. The van der Waals surface area contributed by atoms with E-state index in [2.05, 4.69) is 19.2 Å². The number of unbranched alkanes of at least 4 members (excludes halogenated alkanes) is 1. The molecule has 0 saturated heterocycles. The minimum Gasteiger partial charge on any atom is -0.480 e. The molecule has 5 nitrogen and oxygen atoms in total. The van der Waals surface area contributed by atoms with Crippen LogP contribution in [0.15, 0.2) is 0 Å². The smallest absolute Gasteiger partial charge is 0.323 e. The number of urea groups is 1. The molecule has 0 aromatic carbocycles. The topological polar surface area (TPSA) is 69.6 Å². The fourth-order valence-corrected chi connectivity index (χ4v) is 2.07. The molecule has 20 heavy (non-hydrogen) atoms. The van der Waals surface area contributed by atoms with Gasteiger partial charge >= 0.3 is 12.0 Å². The summed E-state index contributed by atoms with van der Waals surface area (Å²) in [4.78, 5) is 24.4. The van der Waals surface area contributed by atoms with Crippen molar-refractivity contribution >= 4 is 12.0 Å². The highest BCUT2D eigenvalue weighted by atomic mass is 16.4. The van der Waals surface area contributed by atoms with Crippen molar-refractivity contribution in [1.29, 1.82) is 0 Å². The van der Waals surface area contributed by atoms with E-state index in [1.54, 1.807) is 0 Å². The average Bonchev–Trinajstić information content (AvgIpc) is 2.43. The molecule has 0 aromatic rings. The van der Waals surface area contributed by atoms with Crippen LogP contribution in [-0.4, -0.2) is 41.1 Å². The van der Waals surface area contributed by atoms with Crippen molar-refractivity contribution in [2.24, 2.45) is 5.92 Å². The molecule has 2 amide bonds. The second-order valence-electron chi connectivity index (χ2n) is 5.38. The Morgan fingerprint density at radius 2 is 1.85 bits per heavy atom. The summed E-state index contributed by atoms with van der Waals surface area (Å²) in [6.07, 6.45) is 5.20. The monoisotopic (exact) mass is 286 g/mol. The average molecular weight is 286 g/mol. The van der Waals surface area contributed by atoms with Gasteiger partial charge in [-0.25, -0.2) is 4.79 Å². The van der Waals surface area contributed by atoms with E-state index in [0.29, 0.717) is 12.5 Å². The Morgan fingerprint density at radius 3 is 2.30 bits per heavy atom. The van der Waals surface area contributed by atoms with E-state index < -0.39 is 5.97 Å². The first-order valence-corrected chi connectivity index (χ1v) is 7.72. The minimum absolute atomic E-state index is 0.0678. The van der Waals surface area contributed by atoms with Gasteiger partial charge in [-0.05, 0) is 25.7 Å². The van der Waals surface area contributed by atoms with Crippen molar-refractivity contribution in [3.63, 3.8) is 0 Å². The maximum atomic E-state index is 12.1. The second-order valence-corrected chi connectivity index (χ2v) is 5.38. The van der Waals surface area contributed by atoms with Crippen molar-refractivity contribution < 1.29 is 14.7 Å². The minimum atomic E-state index is -0.974. The standard InChI is InChI=1S/C15H30N2O3/c1-5-8-9-13(7-3)10-16-15(20)17(11-14(18)19)12(4)6-2/h12-13H,5-11H2,1-4H3,(H,16,20)(H,18,19). The summed E-state index contributed by atoms with van der Waals surface area (Å²) in [6, 6.07) is -0.335. The van der Waals surface area contributed by atoms with Crippen LogP contribution < -0.4 is 5.32 Å². The van der Waals surface area contributed by atoms with Gasteiger partial charge in [-0.1, -0.05) is 40.0 Å². The fraction of sp³-hybridized carbons (Fsp3) is 0.867. The van der Waals surface area contributed by atoms with Gasteiger partial charge in [-0.2, -0.15) is 0 Å². The van der Waals surface area contributed by atoms with E-state index in [1.165, 1.54) is 11.3 Å². The van der Waals surface area contributed by atoms with Gasteiger partial charge in [0.2, 0.25) is 0 Å². The van der Waals surface area contributed by atoms with Crippen molar-refractivity contribution in [3.8, 4) is 0 Å². The van der Waals surface area contributed by atoms with Crippen LogP contribution in [0.4, 0.5) is 4.79 Å². The molecular formula is C15H30N2O3. The van der Waals surface area contributed by atoms with Crippen molar-refractivity contribution in [2.45, 2.75) is 65.8 Å². The summed E-state index contributed by atoms with van der Waals surface area (Å²) in [5, 5.41) is 11.8. The Kier molecular flexibility index (Phi) is 9.86. The van der Waals surface area contributed by atoms with Crippen LogP contribution >= 0.6 is 0 Å². The van der Waals surface area contributed by atoms with Gasteiger partial charge < -0.3 is 15.3 Å². The van der Waals surface area contributed by atoms with Gasteiger partial charge in [0, 0.05) is 12.6 Å². The summed E-state index contributed by atoms with van der Waals surface area (Å²) >= 11 is 0. The Hall–Kier alpha value is -1.26. The first-order chi connectivity index (χ1) is 9.46. The van der Waals surface area contributed by atoms with Gasteiger partial charge in [0.15, 0.2) is 0 Å². The van der Waals surface area contributed by atoms with Crippen LogP contribution in [0.25, 0.3) is 0 Å². The molecule has 118 valence electrons. The van der Waals surface area contributed by atoms with E-state index >= 15 is 0 Å². The lowest BCUT2D eigenvalue weighted by Gasteiger charge is -2.28. The molecule has 0 radical (unpaired) electrons. The molecule has 2 atom stereocenters. The largest absolute Gasteiger partial charge is 0.480 e. The third-order valence-corrected chi connectivity index (χ3v) is 3.77. The summed E-state index contributed by atoms with van der Waals surface area (Å²) in [6.45, 7) is 8.48. The third-order valence-electron chi connectivity index (χ3n) is 3.77. The third kappa shape index (κ3) is 7.36. The second kappa shape index (κ2) is 10.5. The van der Waals surface area contributed by atoms with Crippen molar-refractivity contribution in [3.05, 3.63) is 0 Å². The zero-order chi connectivity index (χ0) is 15.5. The number of carbonyl (C=O) groups excluding carboxylic acids is 1. The lowest BCUT2D eigenvalue weighted by atomic mass is 9.99. The van der Waals surface area contributed by atoms with Gasteiger partial charge in [-0.15, -0.1) is 0 Å². The predicted octanol–water partition coefficient (Wildman–Crippen LogP) is 3.10. The van der Waals surface area contributed by atoms with Crippen LogP contribution in [0.5, 0.6) is 0 Å². The molecule has 0 aromatic heterocycles. The summed E-state index contributed by atoms with van der Waals surface area (Å²) < 4.78 is 0. The number of carboxylic acid groups (broad SMARTS) is 1. The number of rotatable bonds is 10. The highest BCUT2D eigenvalue weighted by molar-refractivity contribution is 5.80. The van der Waals surface area contributed by atoms with Gasteiger partial charge in [0.05, 0.1) is 0 Å². The van der Waals surface area contributed by atoms with Gasteiger partial charge in [0.1, 0.15) is 6.54 Å². The van der Waals surface area contributed by atoms with Gasteiger partial charge in [0.25, 0.3) is 0 Å². The first kappa shape index (κ1) is 18.7. The predicted molar refractivity (Wildman–Crippen MR) is 80.8 cm³/mol. The zero-order valence-corrected chi connectivity index (χ0v) is 13.3. The molecule has 0 bridgehead atoms. The number of aliphatic carboxylic acids is 1. The Bertz CT molecular complexity index is 295. The van der Waals surface area contributed by atoms with Crippen LogP contribution in [0.1, 0.15) is 59.8 Å². The number of amides is 2. The molecule has 0 heterocycles. The van der Waals surface area contributed by atoms with Crippen LogP contribution in [0.3, 0.4) is 0 Å². The number of nitrogens with zero attached hydrogens (tertiary/aromatic N) is 1. The fourth-order valence-electron chi connectivity index (χ4n) is 2.07. The molecule has 0 spiro atoms. The van der Waals surface area contributed by atoms with Crippen LogP contribution in [0.2, 0.25) is 0 Å². The number of carbonyl (C=O) groups is 2. The molecule has 0 rings (SSSR count). The number of nitrogens with one attached hydrogen (secondary N) is 1. The van der Waals surface area contributed by atoms with E-state index in [0.717, 1.165) is 25.7 Å². The molecule has 0 aliphatic heterocycles. The number of hydrogen-bond donors (Lipinski definition) is 2. The Morgan fingerprint density at radius 1 is 1.20 bits per heavy atom. The van der Waals surface area contributed by atoms with Crippen LogP contribution in [-0.2, 0) is 4.79 Å². The first-order valence-electron chi connectivity index (χ1n) is 7.72. The number of carboxylic acids is 1. The summed E-state index contributed by atoms with van der Waals surface area (Å²) in [5.41, 5.74) is 0. The van der Waals surface area contributed by atoms with E-state index in [9.17, 15) is 9.59 Å². The summed E-state index contributed by atoms with van der Waals surface area (Å²) in [7, 11) is 0. The maximum Gasteiger partial charge on any atom is 0.323 e. The SMILES string of the molecule is CCCCC(CC)CNC(=O)N(CC(=O)O)C(C)CC. The van der Waals surface area contributed by atoms with Gasteiger partial charge in [-0.3, -0.25) is 4.79 Å². The van der Waals surface area contributed by atoms with E-state index in [4.69, 9.17) is 5.11 Å². The Balaban J connectivity index is 4.40. The maximum absolute atomic E-state index is 12.1. The molecule has 5 heteroatoms. The highest BCUT2D eigenvalue weighted by Crippen LogP contribution is 2.12. The lowest BCUT2D eigenvalue weighted by molar-refractivity contribution is -0.138. The Labute approximate surface area is 122 Å². The van der Waals surface area contributed by atoms with E-state index in [1.807, 2.05) is 13.8 Å². The molecular weight excluding hydrogens is 256 g/mol. The van der Waals surface area contributed by atoms with Crippen LogP contribution in [0, 0.1) is 5.92 Å². The molecule has 0 saturated carbocycles. The molecule has 2 N–H and O–H groups in total. The highest BCUT2D eigenvalue weighted by Gasteiger charge is 2.21. The lowest BCUT2D eigenvalue weighted by Crippen LogP contribution is -2.48. The van der Waals surface area contributed by atoms with Crippen molar-refractivity contribution in [1.82, 2.24) is 10.2 Å².